The van der Waals surface area contributed by atoms with Gasteiger partial charge in [-0.2, -0.15) is 0 Å². The Labute approximate surface area is 174 Å². The highest BCUT2D eigenvalue weighted by Gasteiger charge is 2.45. The van der Waals surface area contributed by atoms with Crippen LogP contribution in [0.15, 0.2) is 41.0 Å². The number of aromatic nitrogens is 2. The molecule has 1 N–H and O–H groups in total. The number of fused-ring (bicyclic) bond motifs is 3. The lowest BCUT2D eigenvalue weighted by Crippen LogP contribution is -2.48. The number of hydrogen-bond acceptors (Lipinski definition) is 7. The number of nitro benzene ring substituents is 1. The summed E-state index contributed by atoms with van der Waals surface area (Å²) < 4.78 is 4.80. The van der Waals surface area contributed by atoms with Crippen LogP contribution in [0, 0.1) is 23.0 Å². The van der Waals surface area contributed by atoms with Crippen LogP contribution in [0.5, 0.6) is 0 Å². The van der Waals surface area contributed by atoms with Crippen molar-refractivity contribution in [3.05, 3.63) is 57.6 Å². The van der Waals surface area contributed by atoms with Crippen molar-refractivity contribution in [2.75, 3.05) is 18.9 Å². The average Bonchev–Trinajstić information content (AvgIpc) is 3.30. The first-order chi connectivity index (χ1) is 14.5. The van der Waals surface area contributed by atoms with Crippen LogP contribution in [-0.4, -0.2) is 45.8 Å². The predicted octanol–water partition coefficient (Wildman–Crippen LogP) is 4.12. The Morgan fingerprint density at radius 3 is 2.70 bits per heavy atom. The van der Waals surface area contributed by atoms with E-state index in [1.807, 2.05) is 0 Å². The Bertz CT molecular complexity index is 1080. The van der Waals surface area contributed by atoms with Crippen LogP contribution < -0.4 is 5.32 Å². The Kier molecular flexibility index (Phi) is 4.66. The van der Waals surface area contributed by atoms with Crippen molar-refractivity contribution in [1.29, 1.82) is 0 Å². The van der Waals surface area contributed by atoms with Crippen LogP contribution >= 0.6 is 0 Å². The summed E-state index contributed by atoms with van der Waals surface area (Å²) in [7, 11) is 2.24. The summed E-state index contributed by atoms with van der Waals surface area (Å²) in [4.78, 5) is 13.3. The molecular weight excluding hydrogens is 382 g/mol. The molecule has 4 atom stereocenters. The van der Waals surface area contributed by atoms with Crippen molar-refractivity contribution in [1.82, 2.24) is 15.2 Å². The molecule has 4 unspecified atom stereocenters. The molecule has 0 saturated carbocycles. The number of hydrogen-bond donors (Lipinski definition) is 1. The number of rotatable bonds is 5. The Hall–Kier alpha value is -3.00. The normalized spacial score (nSPS) is 26.2. The van der Waals surface area contributed by atoms with E-state index in [4.69, 9.17) is 4.63 Å². The quantitative estimate of drug-likeness (QED) is 0.502. The summed E-state index contributed by atoms with van der Waals surface area (Å²) in [5.74, 6) is 0.914. The SMILES string of the molecule is Cc1ccc(C2CC3CCC(C2CNc2ccc([N+](=O)[O-])c4nonc24)N3C)cc1. The lowest BCUT2D eigenvalue weighted by Gasteiger charge is -2.43. The largest absolute Gasteiger partial charge is 0.383 e. The second kappa shape index (κ2) is 7.36. The van der Waals surface area contributed by atoms with Crippen molar-refractivity contribution < 1.29 is 9.55 Å². The molecule has 0 spiro atoms. The number of nitro groups is 1. The number of nitrogens with one attached hydrogen (secondary N) is 1. The standard InChI is InChI=1S/C22H25N5O3/c1-13-3-5-14(6-4-13)16-11-15-7-9-19(26(15)2)17(16)12-23-18-8-10-20(27(28)29)22-21(18)24-30-25-22/h3-6,8,10,15-17,19,23H,7,9,11-12H2,1-2H3. The molecule has 30 heavy (non-hydrogen) atoms. The van der Waals surface area contributed by atoms with Crippen molar-refractivity contribution >= 4 is 22.4 Å². The maximum atomic E-state index is 11.2. The van der Waals surface area contributed by atoms with E-state index in [0.29, 0.717) is 29.4 Å². The minimum atomic E-state index is -0.460. The van der Waals surface area contributed by atoms with Gasteiger partial charge in [0.05, 0.1) is 10.6 Å². The maximum Gasteiger partial charge on any atom is 0.300 e. The molecule has 2 aliphatic heterocycles. The second-order valence-electron chi connectivity index (χ2n) is 8.61. The first-order valence-corrected chi connectivity index (χ1v) is 10.4. The van der Waals surface area contributed by atoms with Gasteiger partial charge in [-0.05, 0) is 67.0 Å². The Morgan fingerprint density at radius 2 is 1.93 bits per heavy atom. The number of piperidine rings is 1. The fourth-order valence-corrected chi connectivity index (χ4v) is 5.42. The third kappa shape index (κ3) is 3.11. The molecule has 1 aromatic heterocycles. The number of benzene rings is 2. The smallest absolute Gasteiger partial charge is 0.300 e. The molecular formula is C22H25N5O3. The first-order valence-electron chi connectivity index (χ1n) is 10.4. The Morgan fingerprint density at radius 1 is 1.17 bits per heavy atom. The minimum Gasteiger partial charge on any atom is -0.383 e. The van der Waals surface area contributed by atoms with Gasteiger partial charge in [0.25, 0.3) is 0 Å². The van der Waals surface area contributed by atoms with Gasteiger partial charge in [0.15, 0.2) is 5.52 Å². The highest BCUT2D eigenvalue weighted by atomic mass is 16.6. The number of nitrogens with zero attached hydrogens (tertiary/aromatic N) is 4. The van der Waals surface area contributed by atoms with Gasteiger partial charge in [0.1, 0.15) is 0 Å². The third-order valence-corrected chi connectivity index (χ3v) is 7.06. The van der Waals surface area contributed by atoms with Crippen molar-refractivity contribution in [2.24, 2.45) is 5.92 Å². The molecule has 2 saturated heterocycles. The Balaban J connectivity index is 1.44. The number of aryl methyl sites for hydroxylation is 1. The lowest BCUT2D eigenvalue weighted by atomic mass is 9.76. The van der Waals surface area contributed by atoms with Crippen molar-refractivity contribution in [3.63, 3.8) is 0 Å². The van der Waals surface area contributed by atoms with Gasteiger partial charge in [-0.15, -0.1) is 0 Å². The minimum absolute atomic E-state index is 0.0923. The van der Waals surface area contributed by atoms with Crippen molar-refractivity contribution in [2.45, 2.75) is 44.2 Å². The molecule has 0 radical (unpaired) electrons. The average molecular weight is 407 g/mol. The summed E-state index contributed by atoms with van der Waals surface area (Å²) in [6.07, 6.45) is 3.61. The third-order valence-electron chi connectivity index (χ3n) is 7.06. The zero-order valence-electron chi connectivity index (χ0n) is 17.1. The molecule has 2 aliphatic rings. The molecule has 2 bridgehead atoms. The van der Waals surface area contributed by atoms with Crippen LogP contribution in [0.4, 0.5) is 11.4 Å². The molecule has 0 amide bonds. The van der Waals surface area contributed by atoms with E-state index in [9.17, 15) is 10.1 Å². The van der Waals surface area contributed by atoms with Gasteiger partial charge in [0.2, 0.25) is 5.52 Å². The van der Waals surface area contributed by atoms with E-state index in [1.165, 1.54) is 30.0 Å². The second-order valence-corrected chi connectivity index (χ2v) is 8.61. The molecule has 8 nitrogen and oxygen atoms in total. The first kappa shape index (κ1) is 19.0. The topological polar surface area (TPSA) is 97.3 Å². The van der Waals surface area contributed by atoms with Crippen LogP contribution in [0.3, 0.4) is 0 Å². The fourth-order valence-electron chi connectivity index (χ4n) is 5.42. The summed E-state index contributed by atoms with van der Waals surface area (Å²) in [6, 6.07) is 13.3. The molecule has 156 valence electrons. The van der Waals surface area contributed by atoms with Gasteiger partial charge in [-0.25, -0.2) is 4.63 Å². The van der Waals surface area contributed by atoms with E-state index in [-0.39, 0.29) is 11.2 Å². The monoisotopic (exact) mass is 407 g/mol. The maximum absolute atomic E-state index is 11.2. The van der Waals surface area contributed by atoms with Crippen molar-refractivity contribution in [3.8, 4) is 0 Å². The highest BCUT2D eigenvalue weighted by Crippen LogP contribution is 2.46. The van der Waals surface area contributed by atoms with Gasteiger partial charge in [-0.3, -0.25) is 10.1 Å². The number of anilines is 1. The highest BCUT2D eigenvalue weighted by molar-refractivity contribution is 5.93. The van der Waals surface area contributed by atoms with E-state index in [1.54, 1.807) is 6.07 Å². The van der Waals surface area contributed by atoms with E-state index < -0.39 is 4.92 Å². The molecule has 3 heterocycles. The molecule has 2 aromatic carbocycles. The fraction of sp³-hybridized carbons (Fsp3) is 0.455. The summed E-state index contributed by atoms with van der Waals surface area (Å²) in [6.45, 7) is 2.88. The van der Waals surface area contributed by atoms with Crippen LogP contribution in [-0.2, 0) is 0 Å². The lowest BCUT2D eigenvalue weighted by molar-refractivity contribution is -0.383. The van der Waals surface area contributed by atoms with E-state index >= 15 is 0 Å². The van der Waals surface area contributed by atoms with Gasteiger partial charge in [-0.1, -0.05) is 29.8 Å². The van der Waals surface area contributed by atoms with Gasteiger partial charge in [0, 0.05) is 24.7 Å². The summed E-state index contributed by atoms with van der Waals surface area (Å²) in [5.41, 5.74) is 3.89. The summed E-state index contributed by atoms with van der Waals surface area (Å²) in [5, 5.41) is 22.4. The zero-order valence-corrected chi connectivity index (χ0v) is 17.1. The summed E-state index contributed by atoms with van der Waals surface area (Å²) >= 11 is 0. The van der Waals surface area contributed by atoms with E-state index in [0.717, 1.165) is 18.7 Å². The molecule has 3 aromatic rings. The molecule has 2 fully saturated rings. The van der Waals surface area contributed by atoms with Crippen LogP contribution in [0.1, 0.15) is 36.3 Å². The van der Waals surface area contributed by atoms with Crippen LogP contribution in [0.25, 0.3) is 11.0 Å². The number of non-ortho nitro benzene ring substituents is 1. The molecule has 8 heteroatoms. The molecule has 0 aliphatic carbocycles. The van der Waals surface area contributed by atoms with Crippen LogP contribution in [0.2, 0.25) is 0 Å². The van der Waals surface area contributed by atoms with Gasteiger partial charge >= 0.3 is 5.69 Å². The van der Waals surface area contributed by atoms with E-state index in [2.05, 4.69) is 58.8 Å². The molecule has 5 rings (SSSR count). The van der Waals surface area contributed by atoms with Gasteiger partial charge < -0.3 is 10.2 Å². The zero-order chi connectivity index (χ0) is 20.8. The predicted molar refractivity (Wildman–Crippen MR) is 114 cm³/mol.